The van der Waals surface area contributed by atoms with Crippen LogP contribution in [0, 0.1) is 0 Å². The van der Waals surface area contributed by atoms with Gasteiger partial charge in [-0.25, -0.2) is 4.79 Å². The van der Waals surface area contributed by atoms with Crippen LogP contribution in [-0.4, -0.2) is 13.1 Å². The Labute approximate surface area is 135 Å². The van der Waals surface area contributed by atoms with Crippen molar-refractivity contribution in [3.05, 3.63) is 60.2 Å². The van der Waals surface area contributed by atoms with Crippen LogP contribution in [0.3, 0.4) is 0 Å². The van der Waals surface area contributed by atoms with Gasteiger partial charge >= 0.3 is 6.47 Å². The van der Waals surface area contributed by atoms with Crippen LogP contribution < -0.4 is 0 Å². The normalized spacial score (nSPS) is 11.5. The molecule has 4 aromatic carbocycles. The number of hydrogen-bond acceptors (Lipinski definition) is 2. The fourth-order valence-electron chi connectivity index (χ4n) is 3.51. The zero-order chi connectivity index (χ0) is 15.6. The Morgan fingerprint density at radius 1 is 0.783 bits per heavy atom. The molecule has 0 aliphatic heterocycles. The van der Waals surface area contributed by atoms with Crippen molar-refractivity contribution in [2.45, 2.75) is 19.3 Å². The highest BCUT2D eigenvalue weighted by molar-refractivity contribution is 6.23. The molecule has 0 atom stereocenters. The topological polar surface area (TPSA) is 26.3 Å². The van der Waals surface area contributed by atoms with Crippen LogP contribution in [0.25, 0.3) is 32.3 Å². The van der Waals surface area contributed by atoms with Gasteiger partial charge < -0.3 is 4.74 Å². The summed E-state index contributed by atoms with van der Waals surface area (Å²) in [6.45, 7) is 1.93. The van der Waals surface area contributed by atoms with E-state index < -0.39 is 0 Å². The summed E-state index contributed by atoms with van der Waals surface area (Å²) in [6.07, 6.45) is 2.88. The molecule has 0 amide bonds. The summed E-state index contributed by atoms with van der Waals surface area (Å²) in [5.41, 5.74) is 1.34. The molecule has 0 aromatic heterocycles. The van der Waals surface area contributed by atoms with Gasteiger partial charge in [0.05, 0.1) is 6.61 Å². The van der Waals surface area contributed by atoms with E-state index in [-0.39, 0.29) is 0 Å². The van der Waals surface area contributed by atoms with Crippen molar-refractivity contribution in [3.63, 3.8) is 0 Å². The van der Waals surface area contributed by atoms with Crippen LogP contribution in [0.2, 0.25) is 0 Å². The third-order valence-corrected chi connectivity index (χ3v) is 4.54. The molecule has 0 aliphatic carbocycles. The highest BCUT2D eigenvalue weighted by Gasteiger charge is 2.08. The van der Waals surface area contributed by atoms with E-state index in [1.54, 1.807) is 0 Å². The summed E-state index contributed by atoms with van der Waals surface area (Å²) in [4.78, 5) is 10.0. The molecule has 2 heteroatoms. The van der Waals surface area contributed by atoms with E-state index in [2.05, 4.69) is 59.3 Å². The third kappa shape index (κ3) is 2.50. The molecule has 0 N–H and O–H groups in total. The highest BCUT2D eigenvalue weighted by Crippen LogP contribution is 2.35. The van der Waals surface area contributed by atoms with Gasteiger partial charge in [-0.1, -0.05) is 54.6 Å². The zero-order valence-corrected chi connectivity index (χ0v) is 12.8. The average molecular weight is 301 g/mol. The minimum absolute atomic E-state index is 0.456. The van der Waals surface area contributed by atoms with Crippen LogP contribution in [0.5, 0.6) is 0 Å². The lowest BCUT2D eigenvalue weighted by Gasteiger charge is -2.12. The Morgan fingerprint density at radius 3 is 2.04 bits per heavy atom. The van der Waals surface area contributed by atoms with Crippen molar-refractivity contribution in [2.75, 3.05) is 6.61 Å². The van der Waals surface area contributed by atoms with Gasteiger partial charge in [-0.05, 0) is 57.1 Å². The molecule has 23 heavy (non-hydrogen) atoms. The number of unbranched alkanes of at least 4 members (excludes halogenated alkanes) is 1. The first-order valence-corrected chi connectivity index (χ1v) is 8.02. The van der Waals surface area contributed by atoms with Gasteiger partial charge in [0.25, 0.3) is 0 Å². The lowest BCUT2D eigenvalue weighted by Crippen LogP contribution is -1.94. The predicted octanol–water partition coefficient (Wildman–Crippen LogP) is 4.99. The van der Waals surface area contributed by atoms with Crippen molar-refractivity contribution in [1.29, 1.82) is 0 Å². The second-order valence-corrected chi connectivity index (χ2v) is 6.02. The summed E-state index contributed by atoms with van der Waals surface area (Å²) >= 11 is 0. The smallest absolute Gasteiger partial charge is 0.417 e. The minimum Gasteiger partial charge on any atom is -0.457 e. The fraction of sp³-hybridized carbons (Fsp3) is 0.190. The van der Waals surface area contributed by atoms with Crippen LogP contribution in [-0.2, 0) is 16.0 Å². The molecule has 0 fully saturated rings. The average Bonchev–Trinajstić information content (AvgIpc) is 2.59. The molecule has 2 nitrogen and oxygen atoms in total. The SMILES string of the molecule is O=[C]OCCCCc1cc2ccc3cccc4ccc(c1)c2c34. The van der Waals surface area contributed by atoms with Crippen molar-refractivity contribution < 1.29 is 9.53 Å². The Kier molecular flexibility index (Phi) is 3.58. The quantitative estimate of drug-likeness (QED) is 0.370. The standard InChI is InChI=1S/C21H17O2/c22-14-23-11-2-1-4-15-12-18-9-7-16-5-3-6-17-8-10-19(13-15)21(18)20(16)17/h3,5-10,12-13H,1-2,4,11H2. The summed E-state index contributed by atoms with van der Waals surface area (Å²) in [7, 11) is 0. The highest BCUT2D eigenvalue weighted by atomic mass is 16.5. The number of hydrogen-bond donors (Lipinski definition) is 0. The number of rotatable bonds is 6. The van der Waals surface area contributed by atoms with Crippen molar-refractivity contribution in [1.82, 2.24) is 0 Å². The second-order valence-electron chi connectivity index (χ2n) is 6.02. The molecule has 0 heterocycles. The molecule has 4 rings (SSSR count). The van der Waals surface area contributed by atoms with Crippen LogP contribution in [0.15, 0.2) is 54.6 Å². The summed E-state index contributed by atoms with van der Waals surface area (Å²) in [5.74, 6) is 0. The number of carbonyl (C=O) groups excluding carboxylic acids is 1. The Bertz CT molecular complexity index is 908. The van der Waals surface area contributed by atoms with E-state index in [0.717, 1.165) is 19.3 Å². The van der Waals surface area contributed by atoms with E-state index >= 15 is 0 Å². The first-order valence-electron chi connectivity index (χ1n) is 8.02. The second kappa shape index (κ2) is 5.88. The van der Waals surface area contributed by atoms with E-state index in [1.807, 2.05) is 0 Å². The van der Waals surface area contributed by atoms with Gasteiger partial charge in [0, 0.05) is 0 Å². The maximum atomic E-state index is 10.0. The molecular formula is C21H17O2. The van der Waals surface area contributed by atoms with Crippen LogP contribution in [0.4, 0.5) is 0 Å². The zero-order valence-electron chi connectivity index (χ0n) is 12.8. The van der Waals surface area contributed by atoms with E-state index in [1.165, 1.54) is 44.4 Å². The maximum Gasteiger partial charge on any atom is 0.417 e. The van der Waals surface area contributed by atoms with Crippen molar-refractivity contribution >= 4 is 38.8 Å². The van der Waals surface area contributed by atoms with Gasteiger partial charge in [-0.2, -0.15) is 0 Å². The molecule has 0 spiro atoms. The molecular weight excluding hydrogens is 284 g/mol. The lowest BCUT2D eigenvalue weighted by molar-refractivity contribution is 0.270. The van der Waals surface area contributed by atoms with Gasteiger partial charge in [-0.15, -0.1) is 0 Å². The molecule has 4 aromatic rings. The van der Waals surface area contributed by atoms with Gasteiger partial charge in [0.2, 0.25) is 0 Å². The molecule has 0 saturated heterocycles. The predicted molar refractivity (Wildman–Crippen MR) is 94.7 cm³/mol. The largest absolute Gasteiger partial charge is 0.457 e. The number of aryl methyl sites for hydroxylation is 1. The molecule has 1 radical (unpaired) electrons. The Balaban J connectivity index is 1.73. The Hall–Kier alpha value is -2.61. The van der Waals surface area contributed by atoms with Crippen LogP contribution in [0.1, 0.15) is 18.4 Å². The minimum atomic E-state index is 0.456. The molecule has 113 valence electrons. The van der Waals surface area contributed by atoms with Crippen molar-refractivity contribution in [2.24, 2.45) is 0 Å². The fourth-order valence-corrected chi connectivity index (χ4v) is 3.51. The van der Waals surface area contributed by atoms with Crippen molar-refractivity contribution in [3.8, 4) is 0 Å². The number of benzene rings is 4. The van der Waals surface area contributed by atoms with Gasteiger partial charge in [-0.3, -0.25) is 0 Å². The first kappa shape index (κ1) is 14.0. The van der Waals surface area contributed by atoms with Gasteiger partial charge in [0.1, 0.15) is 0 Å². The monoisotopic (exact) mass is 301 g/mol. The molecule has 0 unspecified atom stereocenters. The van der Waals surface area contributed by atoms with E-state index in [4.69, 9.17) is 0 Å². The molecule has 0 bridgehead atoms. The summed E-state index contributed by atoms with van der Waals surface area (Å²) < 4.78 is 4.63. The summed E-state index contributed by atoms with van der Waals surface area (Å²) in [6, 6.07) is 19.9. The Morgan fingerprint density at radius 2 is 1.39 bits per heavy atom. The third-order valence-electron chi connectivity index (χ3n) is 4.54. The first-order chi connectivity index (χ1) is 11.4. The lowest BCUT2D eigenvalue weighted by atomic mass is 9.92. The molecule has 0 saturated carbocycles. The van der Waals surface area contributed by atoms with E-state index in [9.17, 15) is 4.79 Å². The van der Waals surface area contributed by atoms with E-state index in [0.29, 0.717) is 6.61 Å². The maximum absolute atomic E-state index is 10.0. The van der Waals surface area contributed by atoms with Crippen LogP contribution >= 0.6 is 0 Å². The van der Waals surface area contributed by atoms with Gasteiger partial charge in [0.15, 0.2) is 0 Å². The number of ether oxygens (including phenoxy) is 1. The molecule has 0 aliphatic rings. The summed E-state index contributed by atoms with van der Waals surface area (Å²) in [5, 5.41) is 7.94.